The molecule has 0 atom stereocenters. The van der Waals surface area contributed by atoms with Crippen LogP contribution >= 0.6 is 23.6 Å². The Kier molecular flexibility index (Phi) is 2.78. The highest BCUT2D eigenvalue weighted by molar-refractivity contribution is 7.73. The monoisotopic (exact) mass is 230 g/mol. The van der Waals surface area contributed by atoms with Gasteiger partial charge in [-0.15, -0.1) is 5.10 Å². The van der Waals surface area contributed by atoms with Gasteiger partial charge in [0.1, 0.15) is 0 Å². The van der Waals surface area contributed by atoms with Crippen molar-refractivity contribution in [1.29, 1.82) is 0 Å². The zero-order valence-corrected chi connectivity index (χ0v) is 9.11. The Bertz CT molecular complexity index is 366. The van der Waals surface area contributed by atoms with Crippen molar-refractivity contribution in [3.05, 3.63) is 3.95 Å². The van der Waals surface area contributed by atoms with Crippen LogP contribution < -0.4 is 4.90 Å². The Morgan fingerprint density at radius 1 is 1.43 bits per heavy atom. The molecule has 5 nitrogen and oxygen atoms in total. The Morgan fingerprint density at radius 2 is 2.14 bits per heavy atom. The molecule has 76 valence electrons. The van der Waals surface area contributed by atoms with Gasteiger partial charge in [0, 0.05) is 26.2 Å². The van der Waals surface area contributed by atoms with E-state index in [9.17, 15) is 4.79 Å². The molecule has 1 saturated heterocycles. The Hall–Kier alpha value is -0.950. The number of anilines is 1. The number of aromatic amines is 1. The van der Waals surface area contributed by atoms with Crippen molar-refractivity contribution < 1.29 is 4.79 Å². The number of piperazine rings is 1. The summed E-state index contributed by atoms with van der Waals surface area (Å²) >= 11 is 6.43. The summed E-state index contributed by atoms with van der Waals surface area (Å²) < 4.78 is 0.692. The van der Waals surface area contributed by atoms with Crippen molar-refractivity contribution in [3.8, 4) is 0 Å². The largest absolute Gasteiger partial charge is 0.343 e. The number of H-pyrrole nitrogens is 1. The van der Waals surface area contributed by atoms with E-state index in [1.54, 1.807) is 4.90 Å². The zero-order chi connectivity index (χ0) is 9.97. The number of carbonyl (C=O) groups is 1. The van der Waals surface area contributed by atoms with E-state index in [1.165, 1.54) is 11.3 Å². The standard InChI is InChI=1S/C7H10N4OS2/c12-5-10-1-3-11(4-2-10)6-8-9-7(13)14-6/h5H,1-4H2,(H,9,13). The zero-order valence-electron chi connectivity index (χ0n) is 7.47. The topological polar surface area (TPSA) is 52.2 Å². The third-order valence-electron chi connectivity index (χ3n) is 2.16. The van der Waals surface area contributed by atoms with Gasteiger partial charge in [0.25, 0.3) is 0 Å². The number of amides is 1. The molecule has 0 spiro atoms. The molecule has 1 N–H and O–H groups in total. The van der Waals surface area contributed by atoms with E-state index in [0.717, 1.165) is 37.7 Å². The van der Waals surface area contributed by atoms with Gasteiger partial charge in [0.15, 0.2) is 3.95 Å². The van der Waals surface area contributed by atoms with Gasteiger partial charge >= 0.3 is 0 Å². The number of hydrogen-bond acceptors (Lipinski definition) is 5. The molecule has 2 heterocycles. The van der Waals surface area contributed by atoms with Crippen LogP contribution in [0.25, 0.3) is 0 Å². The average molecular weight is 230 g/mol. The lowest BCUT2D eigenvalue weighted by Crippen LogP contribution is -2.45. The van der Waals surface area contributed by atoms with Crippen LogP contribution in [0.4, 0.5) is 5.13 Å². The third kappa shape index (κ3) is 1.93. The summed E-state index contributed by atoms with van der Waals surface area (Å²) in [7, 11) is 0. The van der Waals surface area contributed by atoms with Crippen LogP contribution in [-0.2, 0) is 4.79 Å². The Balaban J connectivity index is 2.02. The molecule has 0 aliphatic carbocycles. The molecule has 1 aliphatic heterocycles. The number of nitrogens with one attached hydrogen (secondary N) is 1. The summed E-state index contributed by atoms with van der Waals surface area (Å²) in [4.78, 5) is 14.4. The van der Waals surface area contributed by atoms with Crippen LogP contribution in [0.5, 0.6) is 0 Å². The minimum atomic E-state index is 0.692. The summed E-state index contributed by atoms with van der Waals surface area (Å²) in [5.41, 5.74) is 0. The SMILES string of the molecule is O=CN1CCN(c2n[nH]c(=S)s2)CC1. The second-order valence-corrected chi connectivity index (χ2v) is 4.67. The predicted molar refractivity (Wildman–Crippen MR) is 57.1 cm³/mol. The normalized spacial score (nSPS) is 17.1. The molecule has 1 aromatic heterocycles. The molecule has 0 aromatic carbocycles. The van der Waals surface area contributed by atoms with Crippen LogP contribution in [0.15, 0.2) is 0 Å². The fourth-order valence-electron chi connectivity index (χ4n) is 1.38. The van der Waals surface area contributed by atoms with Crippen molar-refractivity contribution in [2.75, 3.05) is 31.1 Å². The highest BCUT2D eigenvalue weighted by atomic mass is 32.1. The molecule has 0 radical (unpaired) electrons. The molecule has 7 heteroatoms. The van der Waals surface area contributed by atoms with Gasteiger partial charge in [-0.05, 0) is 12.2 Å². The molecule has 1 aromatic rings. The number of carbonyl (C=O) groups excluding carboxylic acids is 1. The first-order chi connectivity index (χ1) is 6.79. The molecule has 2 rings (SSSR count). The smallest absolute Gasteiger partial charge is 0.209 e. The first-order valence-corrected chi connectivity index (χ1v) is 5.52. The quantitative estimate of drug-likeness (QED) is 0.593. The fourth-order valence-corrected chi connectivity index (χ4v) is 2.31. The lowest BCUT2D eigenvalue weighted by Gasteiger charge is -2.31. The van der Waals surface area contributed by atoms with Crippen molar-refractivity contribution >= 4 is 35.1 Å². The lowest BCUT2D eigenvalue weighted by atomic mass is 10.3. The van der Waals surface area contributed by atoms with Crippen LogP contribution in [0.2, 0.25) is 0 Å². The fraction of sp³-hybridized carbons (Fsp3) is 0.571. The van der Waals surface area contributed by atoms with Crippen LogP contribution in [0.3, 0.4) is 0 Å². The van der Waals surface area contributed by atoms with E-state index < -0.39 is 0 Å². The van der Waals surface area contributed by atoms with Gasteiger partial charge < -0.3 is 9.80 Å². The maximum atomic E-state index is 10.5. The van der Waals surface area contributed by atoms with Gasteiger partial charge in [-0.3, -0.25) is 9.89 Å². The number of aromatic nitrogens is 2. The Morgan fingerprint density at radius 3 is 2.64 bits per heavy atom. The van der Waals surface area contributed by atoms with Crippen molar-refractivity contribution in [2.24, 2.45) is 0 Å². The molecule has 0 unspecified atom stereocenters. The molecule has 1 amide bonds. The molecular weight excluding hydrogens is 220 g/mol. The molecule has 0 saturated carbocycles. The first-order valence-electron chi connectivity index (χ1n) is 4.29. The van der Waals surface area contributed by atoms with Crippen LogP contribution in [0.1, 0.15) is 0 Å². The summed E-state index contributed by atoms with van der Waals surface area (Å²) in [5, 5.41) is 7.77. The Labute approximate surface area is 90.3 Å². The van der Waals surface area contributed by atoms with E-state index in [4.69, 9.17) is 12.2 Å². The van der Waals surface area contributed by atoms with Crippen molar-refractivity contribution in [2.45, 2.75) is 0 Å². The van der Waals surface area contributed by atoms with Gasteiger partial charge in [-0.1, -0.05) is 11.3 Å². The summed E-state index contributed by atoms with van der Waals surface area (Å²) in [6, 6.07) is 0. The summed E-state index contributed by atoms with van der Waals surface area (Å²) in [6.07, 6.45) is 0.893. The van der Waals surface area contributed by atoms with Gasteiger partial charge in [0.05, 0.1) is 0 Å². The van der Waals surface area contributed by atoms with Gasteiger partial charge in [0.2, 0.25) is 11.5 Å². The predicted octanol–water partition coefficient (Wildman–Crippen LogP) is 0.479. The number of rotatable bonds is 2. The van der Waals surface area contributed by atoms with E-state index in [1.807, 2.05) is 0 Å². The average Bonchev–Trinajstić information content (AvgIpc) is 2.65. The number of hydrogen-bond donors (Lipinski definition) is 1. The second kappa shape index (κ2) is 4.05. The van der Waals surface area contributed by atoms with E-state index in [-0.39, 0.29) is 0 Å². The summed E-state index contributed by atoms with van der Waals surface area (Å²) in [6.45, 7) is 3.18. The molecule has 1 fully saturated rings. The van der Waals surface area contributed by atoms with E-state index >= 15 is 0 Å². The highest BCUT2D eigenvalue weighted by Gasteiger charge is 2.17. The molecule has 14 heavy (non-hydrogen) atoms. The minimum absolute atomic E-state index is 0.692. The molecule has 0 bridgehead atoms. The maximum absolute atomic E-state index is 10.5. The van der Waals surface area contributed by atoms with Crippen molar-refractivity contribution in [1.82, 2.24) is 15.1 Å². The van der Waals surface area contributed by atoms with Gasteiger partial charge in [-0.25, -0.2) is 0 Å². The molecular formula is C7H10N4OS2. The third-order valence-corrected chi connectivity index (χ3v) is 3.31. The number of nitrogens with zero attached hydrogens (tertiary/aromatic N) is 3. The van der Waals surface area contributed by atoms with Crippen molar-refractivity contribution in [3.63, 3.8) is 0 Å². The van der Waals surface area contributed by atoms with E-state index in [0.29, 0.717) is 3.95 Å². The summed E-state index contributed by atoms with van der Waals surface area (Å²) in [5.74, 6) is 0. The maximum Gasteiger partial charge on any atom is 0.209 e. The van der Waals surface area contributed by atoms with Gasteiger partial charge in [-0.2, -0.15) is 0 Å². The highest BCUT2D eigenvalue weighted by Crippen LogP contribution is 2.18. The minimum Gasteiger partial charge on any atom is -0.343 e. The first kappa shape index (κ1) is 9.60. The van der Waals surface area contributed by atoms with Crippen LogP contribution in [-0.4, -0.2) is 47.7 Å². The lowest BCUT2D eigenvalue weighted by molar-refractivity contribution is -0.118. The van der Waals surface area contributed by atoms with E-state index in [2.05, 4.69) is 15.1 Å². The van der Waals surface area contributed by atoms with Crippen LogP contribution in [0, 0.1) is 3.95 Å². The molecule has 1 aliphatic rings. The second-order valence-electron chi connectivity index (χ2n) is 3.02.